The molecule has 22 heavy (non-hydrogen) atoms. The van der Waals surface area contributed by atoms with E-state index in [1.54, 1.807) is 10.9 Å². The Morgan fingerprint density at radius 1 is 1.41 bits per heavy atom. The van der Waals surface area contributed by atoms with Gasteiger partial charge in [0.2, 0.25) is 0 Å². The molecule has 2 heterocycles. The van der Waals surface area contributed by atoms with Crippen LogP contribution in [0.5, 0.6) is 0 Å². The number of hydrogen-bond donors (Lipinski definition) is 3. The number of nitrogens with one attached hydrogen (secondary N) is 2. The lowest BCUT2D eigenvalue weighted by Gasteiger charge is -2.42. The number of rotatable bonds is 3. The average molecular weight is 340 g/mol. The van der Waals surface area contributed by atoms with Crippen LogP contribution < -0.4 is 10.6 Å². The summed E-state index contributed by atoms with van der Waals surface area (Å²) in [4.78, 5) is 16.4. The SMILES string of the molecule is Cl.O=C(N[C@]1(c2ccccc2)CCNC[C@H]1O)c1cscn1. The zero-order valence-electron chi connectivity index (χ0n) is 11.9. The summed E-state index contributed by atoms with van der Waals surface area (Å²) in [5.41, 5.74) is 2.17. The third-order valence-electron chi connectivity index (χ3n) is 3.89. The van der Waals surface area contributed by atoms with Gasteiger partial charge in [-0.1, -0.05) is 30.3 Å². The number of benzene rings is 1. The van der Waals surface area contributed by atoms with Crippen LogP contribution in [-0.2, 0) is 5.54 Å². The molecule has 1 amide bonds. The first-order valence-electron chi connectivity index (χ1n) is 6.87. The molecule has 0 unspecified atom stereocenters. The lowest BCUT2D eigenvalue weighted by molar-refractivity contribution is 0.0288. The molecule has 0 aliphatic carbocycles. The quantitative estimate of drug-likeness (QED) is 0.793. The Balaban J connectivity index is 0.00000176. The molecule has 2 aromatic rings. The summed E-state index contributed by atoms with van der Waals surface area (Å²) in [6.45, 7) is 1.19. The van der Waals surface area contributed by atoms with Crippen LogP contribution in [0.15, 0.2) is 41.2 Å². The zero-order valence-corrected chi connectivity index (χ0v) is 13.5. The van der Waals surface area contributed by atoms with E-state index in [1.807, 2.05) is 30.3 Å². The highest BCUT2D eigenvalue weighted by Crippen LogP contribution is 2.31. The van der Waals surface area contributed by atoms with E-state index in [0.29, 0.717) is 18.7 Å². The van der Waals surface area contributed by atoms with E-state index in [4.69, 9.17) is 0 Å². The minimum Gasteiger partial charge on any atom is -0.389 e. The number of carbonyl (C=O) groups excluding carboxylic acids is 1. The summed E-state index contributed by atoms with van der Waals surface area (Å²) >= 11 is 1.38. The molecule has 1 fully saturated rings. The van der Waals surface area contributed by atoms with Crippen molar-refractivity contribution in [3.8, 4) is 0 Å². The minimum atomic E-state index is -0.771. The van der Waals surface area contributed by atoms with Crippen molar-refractivity contribution in [3.63, 3.8) is 0 Å². The van der Waals surface area contributed by atoms with Gasteiger partial charge in [0.1, 0.15) is 5.69 Å². The minimum absolute atomic E-state index is 0. The highest BCUT2D eigenvalue weighted by Gasteiger charge is 2.43. The van der Waals surface area contributed by atoms with Crippen LogP contribution in [0.2, 0.25) is 0 Å². The summed E-state index contributed by atoms with van der Waals surface area (Å²) < 4.78 is 0. The highest BCUT2D eigenvalue weighted by atomic mass is 35.5. The summed E-state index contributed by atoms with van der Waals surface area (Å²) in [6.07, 6.45) is -0.0510. The number of amides is 1. The molecule has 0 radical (unpaired) electrons. The van der Waals surface area contributed by atoms with Gasteiger partial charge < -0.3 is 15.7 Å². The fourth-order valence-corrected chi connectivity index (χ4v) is 3.28. The number of hydrogen-bond acceptors (Lipinski definition) is 5. The number of piperidine rings is 1. The van der Waals surface area contributed by atoms with Crippen LogP contribution in [-0.4, -0.2) is 35.2 Å². The predicted octanol–water partition coefficient (Wildman–Crippen LogP) is 1.54. The molecule has 5 nitrogen and oxygen atoms in total. The second kappa shape index (κ2) is 7.19. The van der Waals surface area contributed by atoms with Gasteiger partial charge in [0, 0.05) is 11.9 Å². The highest BCUT2D eigenvalue weighted by molar-refractivity contribution is 7.07. The predicted molar refractivity (Wildman–Crippen MR) is 88.4 cm³/mol. The molecule has 1 aromatic carbocycles. The first-order chi connectivity index (χ1) is 10.2. The van der Waals surface area contributed by atoms with Gasteiger partial charge >= 0.3 is 0 Å². The van der Waals surface area contributed by atoms with Gasteiger partial charge in [0.25, 0.3) is 5.91 Å². The van der Waals surface area contributed by atoms with Gasteiger partial charge in [0.15, 0.2) is 0 Å². The number of thiazole rings is 1. The average Bonchev–Trinajstić information content (AvgIpc) is 3.05. The zero-order chi connectivity index (χ0) is 14.7. The van der Waals surface area contributed by atoms with E-state index in [2.05, 4.69) is 15.6 Å². The number of nitrogens with zero attached hydrogens (tertiary/aromatic N) is 1. The molecule has 2 atom stereocenters. The Morgan fingerprint density at radius 3 is 2.82 bits per heavy atom. The first-order valence-corrected chi connectivity index (χ1v) is 7.82. The topological polar surface area (TPSA) is 74.2 Å². The lowest BCUT2D eigenvalue weighted by Crippen LogP contribution is -2.61. The van der Waals surface area contributed by atoms with Crippen LogP contribution >= 0.6 is 23.7 Å². The van der Waals surface area contributed by atoms with Gasteiger partial charge in [-0.3, -0.25) is 4.79 Å². The molecule has 7 heteroatoms. The number of carbonyl (C=O) groups is 1. The smallest absolute Gasteiger partial charge is 0.271 e. The molecule has 0 bridgehead atoms. The van der Waals surface area contributed by atoms with Crippen molar-refractivity contribution in [2.75, 3.05) is 13.1 Å². The second-order valence-corrected chi connectivity index (χ2v) is 5.85. The van der Waals surface area contributed by atoms with Crippen molar-refractivity contribution < 1.29 is 9.90 Å². The molecule has 3 N–H and O–H groups in total. The Hall–Kier alpha value is -1.47. The fourth-order valence-electron chi connectivity index (χ4n) is 2.75. The van der Waals surface area contributed by atoms with Crippen molar-refractivity contribution >= 4 is 29.7 Å². The third-order valence-corrected chi connectivity index (χ3v) is 4.48. The van der Waals surface area contributed by atoms with Crippen molar-refractivity contribution in [1.29, 1.82) is 0 Å². The Kier molecular flexibility index (Phi) is 5.52. The van der Waals surface area contributed by atoms with E-state index in [-0.39, 0.29) is 18.3 Å². The van der Waals surface area contributed by atoms with Gasteiger partial charge in [-0.15, -0.1) is 23.7 Å². The molecule has 118 valence electrons. The third kappa shape index (κ3) is 3.15. The Morgan fingerprint density at radius 2 is 2.18 bits per heavy atom. The fraction of sp³-hybridized carbons (Fsp3) is 0.333. The number of aliphatic hydroxyl groups excluding tert-OH is 1. The Bertz CT molecular complexity index is 609. The van der Waals surface area contributed by atoms with Crippen LogP contribution in [0.1, 0.15) is 22.5 Å². The summed E-state index contributed by atoms with van der Waals surface area (Å²) in [5.74, 6) is -0.249. The van der Waals surface area contributed by atoms with E-state index in [0.717, 1.165) is 12.1 Å². The maximum Gasteiger partial charge on any atom is 0.271 e. The summed E-state index contributed by atoms with van der Waals surface area (Å²) in [7, 11) is 0. The lowest BCUT2D eigenvalue weighted by atomic mass is 9.79. The van der Waals surface area contributed by atoms with E-state index >= 15 is 0 Å². The molecule has 1 aliphatic rings. The molecular formula is C15H18ClN3O2S. The van der Waals surface area contributed by atoms with Crippen molar-refractivity contribution in [2.24, 2.45) is 0 Å². The van der Waals surface area contributed by atoms with Crippen molar-refractivity contribution in [2.45, 2.75) is 18.1 Å². The Labute approximate surface area is 139 Å². The van der Waals surface area contributed by atoms with Gasteiger partial charge in [-0.25, -0.2) is 4.98 Å². The molecular weight excluding hydrogens is 322 g/mol. The molecule has 0 saturated carbocycles. The van der Waals surface area contributed by atoms with E-state index < -0.39 is 11.6 Å². The van der Waals surface area contributed by atoms with Gasteiger partial charge in [-0.05, 0) is 18.5 Å². The first kappa shape index (κ1) is 16.9. The van der Waals surface area contributed by atoms with Crippen LogP contribution in [0.4, 0.5) is 0 Å². The van der Waals surface area contributed by atoms with Crippen molar-refractivity contribution in [1.82, 2.24) is 15.6 Å². The van der Waals surface area contributed by atoms with E-state index in [9.17, 15) is 9.90 Å². The summed E-state index contributed by atoms with van der Waals surface area (Å²) in [5, 5.41) is 18.4. The van der Waals surface area contributed by atoms with E-state index in [1.165, 1.54) is 11.3 Å². The number of halogens is 1. The van der Waals surface area contributed by atoms with Crippen molar-refractivity contribution in [3.05, 3.63) is 52.5 Å². The number of β-amino-alcohol motifs (C(OH)–C–C–N with tert-alkyl or cyclic N) is 1. The van der Waals surface area contributed by atoms with Crippen LogP contribution in [0.25, 0.3) is 0 Å². The summed E-state index contributed by atoms with van der Waals surface area (Å²) in [6, 6.07) is 9.64. The monoisotopic (exact) mass is 339 g/mol. The maximum atomic E-state index is 12.4. The van der Waals surface area contributed by atoms with Crippen LogP contribution in [0.3, 0.4) is 0 Å². The molecule has 0 spiro atoms. The van der Waals surface area contributed by atoms with Gasteiger partial charge in [0.05, 0.1) is 17.2 Å². The molecule has 1 aliphatic heterocycles. The molecule has 1 aromatic heterocycles. The number of aliphatic hydroxyl groups is 1. The van der Waals surface area contributed by atoms with Gasteiger partial charge in [-0.2, -0.15) is 0 Å². The maximum absolute atomic E-state index is 12.4. The van der Waals surface area contributed by atoms with Crippen LogP contribution in [0, 0.1) is 0 Å². The largest absolute Gasteiger partial charge is 0.389 e. The second-order valence-electron chi connectivity index (χ2n) is 5.14. The molecule has 3 rings (SSSR count). The normalized spacial score (nSPS) is 24.3. The standard InChI is InChI=1S/C15H17N3O2S.ClH/c19-13-8-16-7-6-15(13,11-4-2-1-3-5-11)18-14(20)12-9-21-10-17-12;/h1-5,9-10,13,16,19H,6-8H2,(H,18,20);1H/t13-,15+;/m1./s1. The number of aromatic nitrogens is 1. The molecule has 1 saturated heterocycles.